The van der Waals surface area contributed by atoms with Crippen LogP contribution in [0.25, 0.3) is 0 Å². The van der Waals surface area contributed by atoms with Crippen molar-refractivity contribution in [1.29, 1.82) is 0 Å². The van der Waals surface area contributed by atoms with E-state index in [0.29, 0.717) is 6.54 Å². The third-order valence-electron chi connectivity index (χ3n) is 3.61. The van der Waals surface area contributed by atoms with Crippen molar-refractivity contribution in [1.82, 2.24) is 30.4 Å². The first-order chi connectivity index (χ1) is 11.6. The van der Waals surface area contributed by atoms with Crippen LogP contribution in [0.3, 0.4) is 0 Å². The third kappa shape index (κ3) is 4.94. The molecule has 130 valence electrons. The van der Waals surface area contributed by atoms with Crippen molar-refractivity contribution in [2.75, 3.05) is 32.6 Å². The van der Waals surface area contributed by atoms with Crippen molar-refractivity contribution < 1.29 is 0 Å². The monoisotopic (exact) mass is 330 g/mol. The third-order valence-corrected chi connectivity index (χ3v) is 3.61. The molecule has 2 rings (SSSR count). The van der Waals surface area contributed by atoms with E-state index in [-0.39, 0.29) is 0 Å². The maximum Gasteiger partial charge on any atom is 0.191 e. The molecule has 2 aromatic heterocycles. The van der Waals surface area contributed by atoms with Crippen LogP contribution in [0.1, 0.15) is 18.3 Å². The lowest BCUT2D eigenvalue weighted by atomic mass is 10.2. The van der Waals surface area contributed by atoms with Gasteiger partial charge < -0.3 is 20.1 Å². The number of hydrogen-bond acceptors (Lipinski definition) is 5. The molecule has 0 aliphatic rings. The molecule has 0 atom stereocenters. The van der Waals surface area contributed by atoms with Crippen molar-refractivity contribution in [3.05, 3.63) is 36.0 Å². The molecule has 0 unspecified atom stereocenters. The Hall–Kier alpha value is -2.64. The van der Waals surface area contributed by atoms with Crippen LogP contribution in [-0.4, -0.2) is 53.4 Å². The number of aliphatic imine (C=N–C) groups is 1. The van der Waals surface area contributed by atoms with E-state index in [4.69, 9.17) is 0 Å². The normalized spacial score (nSPS) is 11.4. The molecule has 2 heterocycles. The fourth-order valence-corrected chi connectivity index (χ4v) is 2.26. The SMILES string of the molecule is CCc1nncn1CCNC(=NC)NCc1ccnc(N(C)C)c1. The first-order valence-electron chi connectivity index (χ1n) is 8.07. The van der Waals surface area contributed by atoms with Crippen LogP contribution < -0.4 is 15.5 Å². The number of anilines is 1. The van der Waals surface area contributed by atoms with Crippen LogP contribution in [0.15, 0.2) is 29.6 Å². The molecule has 0 radical (unpaired) electrons. The Bertz CT molecular complexity index is 662. The van der Waals surface area contributed by atoms with Gasteiger partial charge in [0, 0.05) is 53.4 Å². The van der Waals surface area contributed by atoms with E-state index in [9.17, 15) is 0 Å². The van der Waals surface area contributed by atoms with Gasteiger partial charge in [0.15, 0.2) is 5.96 Å². The molecule has 0 amide bonds. The van der Waals surface area contributed by atoms with Crippen molar-refractivity contribution in [2.24, 2.45) is 4.99 Å². The zero-order chi connectivity index (χ0) is 17.4. The summed E-state index contributed by atoms with van der Waals surface area (Å²) in [6, 6.07) is 4.06. The highest BCUT2D eigenvalue weighted by molar-refractivity contribution is 5.79. The summed E-state index contributed by atoms with van der Waals surface area (Å²) in [5.41, 5.74) is 1.16. The minimum Gasteiger partial charge on any atom is -0.363 e. The Labute approximate surface area is 143 Å². The highest BCUT2D eigenvalue weighted by atomic mass is 15.3. The van der Waals surface area contributed by atoms with Gasteiger partial charge in [-0.05, 0) is 17.7 Å². The maximum atomic E-state index is 4.32. The van der Waals surface area contributed by atoms with Crippen LogP contribution in [-0.2, 0) is 19.5 Å². The van der Waals surface area contributed by atoms with Gasteiger partial charge in [0.25, 0.3) is 0 Å². The summed E-state index contributed by atoms with van der Waals surface area (Å²) < 4.78 is 2.05. The highest BCUT2D eigenvalue weighted by Gasteiger charge is 2.03. The van der Waals surface area contributed by atoms with E-state index in [2.05, 4.69) is 43.8 Å². The van der Waals surface area contributed by atoms with Gasteiger partial charge in [-0.3, -0.25) is 4.99 Å². The summed E-state index contributed by atoms with van der Waals surface area (Å²) in [7, 11) is 5.73. The molecule has 24 heavy (non-hydrogen) atoms. The minimum atomic E-state index is 0.690. The van der Waals surface area contributed by atoms with E-state index in [1.54, 1.807) is 13.4 Å². The molecule has 0 aliphatic heterocycles. The Morgan fingerprint density at radius 1 is 1.33 bits per heavy atom. The summed E-state index contributed by atoms with van der Waals surface area (Å²) >= 11 is 0. The van der Waals surface area contributed by atoms with Crippen molar-refractivity contribution >= 4 is 11.8 Å². The van der Waals surface area contributed by atoms with E-state index >= 15 is 0 Å². The lowest BCUT2D eigenvalue weighted by molar-refractivity contribution is 0.632. The molecule has 2 N–H and O–H groups in total. The molecule has 0 aliphatic carbocycles. The lowest BCUT2D eigenvalue weighted by Crippen LogP contribution is -2.38. The first-order valence-corrected chi connectivity index (χ1v) is 8.07. The quantitative estimate of drug-likeness (QED) is 0.573. The topological polar surface area (TPSA) is 83.3 Å². The van der Waals surface area contributed by atoms with Gasteiger partial charge >= 0.3 is 0 Å². The number of aryl methyl sites for hydroxylation is 1. The average molecular weight is 330 g/mol. The van der Waals surface area contributed by atoms with Gasteiger partial charge in [-0.1, -0.05) is 6.92 Å². The minimum absolute atomic E-state index is 0.690. The molecule has 0 fully saturated rings. The van der Waals surface area contributed by atoms with Crippen molar-refractivity contribution in [3.63, 3.8) is 0 Å². The molecule has 0 saturated heterocycles. The summed E-state index contributed by atoms with van der Waals surface area (Å²) in [5, 5.41) is 14.6. The number of nitrogens with one attached hydrogen (secondary N) is 2. The molecule has 0 bridgehead atoms. The van der Waals surface area contributed by atoms with Crippen LogP contribution in [0.2, 0.25) is 0 Å². The van der Waals surface area contributed by atoms with E-state index in [1.807, 2.05) is 35.8 Å². The molecule has 8 heteroatoms. The molecule has 2 aromatic rings. The number of nitrogens with zero attached hydrogens (tertiary/aromatic N) is 6. The van der Waals surface area contributed by atoms with E-state index in [0.717, 1.165) is 42.7 Å². The molecule has 0 saturated carbocycles. The van der Waals surface area contributed by atoms with Gasteiger partial charge in [0.2, 0.25) is 0 Å². The Morgan fingerprint density at radius 3 is 2.88 bits per heavy atom. The Morgan fingerprint density at radius 2 is 2.17 bits per heavy atom. The second-order valence-corrected chi connectivity index (χ2v) is 5.56. The second-order valence-electron chi connectivity index (χ2n) is 5.56. The number of guanidine groups is 1. The van der Waals surface area contributed by atoms with Crippen LogP contribution in [0, 0.1) is 0 Å². The summed E-state index contributed by atoms with van der Waals surface area (Å²) in [5.74, 6) is 2.70. The zero-order valence-electron chi connectivity index (χ0n) is 14.8. The molecular formula is C16H26N8. The van der Waals surface area contributed by atoms with Crippen molar-refractivity contribution in [2.45, 2.75) is 26.4 Å². The molecule has 0 spiro atoms. The van der Waals surface area contributed by atoms with E-state index in [1.165, 1.54) is 0 Å². The standard InChI is InChI=1S/C16H26N8/c1-5-14-22-21-12-24(14)9-8-19-16(17-2)20-11-13-6-7-18-15(10-13)23(3)4/h6-7,10,12H,5,8-9,11H2,1-4H3,(H2,17,19,20). The van der Waals surface area contributed by atoms with Gasteiger partial charge in [0.1, 0.15) is 18.0 Å². The number of hydrogen-bond donors (Lipinski definition) is 2. The highest BCUT2D eigenvalue weighted by Crippen LogP contribution is 2.09. The first kappa shape index (κ1) is 17.7. The maximum absolute atomic E-state index is 4.32. The largest absolute Gasteiger partial charge is 0.363 e. The predicted molar refractivity (Wildman–Crippen MR) is 96.2 cm³/mol. The van der Waals surface area contributed by atoms with Crippen LogP contribution in [0.4, 0.5) is 5.82 Å². The van der Waals surface area contributed by atoms with Gasteiger partial charge in [-0.25, -0.2) is 4.98 Å². The summed E-state index contributed by atoms with van der Waals surface area (Å²) in [6.45, 7) is 4.32. The smallest absolute Gasteiger partial charge is 0.191 e. The molecule has 0 aromatic carbocycles. The van der Waals surface area contributed by atoms with Gasteiger partial charge in [-0.15, -0.1) is 10.2 Å². The Kier molecular flexibility index (Phi) is 6.53. The zero-order valence-corrected chi connectivity index (χ0v) is 14.8. The predicted octanol–water partition coefficient (Wildman–Crippen LogP) is 0.667. The lowest BCUT2D eigenvalue weighted by Gasteiger charge is -2.14. The molecular weight excluding hydrogens is 304 g/mol. The van der Waals surface area contributed by atoms with Gasteiger partial charge in [-0.2, -0.15) is 0 Å². The summed E-state index contributed by atoms with van der Waals surface area (Å²) in [6.07, 6.45) is 4.46. The number of aromatic nitrogens is 4. The van der Waals surface area contributed by atoms with Crippen molar-refractivity contribution in [3.8, 4) is 0 Å². The van der Waals surface area contributed by atoms with Gasteiger partial charge in [0.05, 0.1) is 0 Å². The van der Waals surface area contributed by atoms with Crippen LogP contribution >= 0.6 is 0 Å². The number of rotatable bonds is 7. The number of pyridine rings is 1. The Balaban J connectivity index is 1.81. The summed E-state index contributed by atoms with van der Waals surface area (Å²) in [4.78, 5) is 10.6. The van der Waals surface area contributed by atoms with Crippen LogP contribution in [0.5, 0.6) is 0 Å². The average Bonchev–Trinajstić information content (AvgIpc) is 3.05. The fraction of sp³-hybridized carbons (Fsp3) is 0.500. The van der Waals surface area contributed by atoms with E-state index < -0.39 is 0 Å². The fourth-order valence-electron chi connectivity index (χ4n) is 2.26. The molecule has 8 nitrogen and oxygen atoms in total. The second kappa shape index (κ2) is 8.85.